The molecule has 0 aliphatic carbocycles. The van der Waals surface area contributed by atoms with E-state index in [0.29, 0.717) is 25.5 Å². The number of hydrogen-bond donors (Lipinski definition) is 1. The predicted molar refractivity (Wildman–Crippen MR) is 127 cm³/mol. The normalized spacial score (nSPS) is 11.5. The number of amides is 1. The van der Waals surface area contributed by atoms with Crippen molar-refractivity contribution in [2.75, 3.05) is 13.2 Å². The van der Waals surface area contributed by atoms with Crippen LogP contribution in [0.1, 0.15) is 50.9 Å². The van der Waals surface area contributed by atoms with Gasteiger partial charge < -0.3 is 14.6 Å². The quantitative estimate of drug-likeness (QED) is 0.341. The van der Waals surface area contributed by atoms with Gasteiger partial charge in [0.25, 0.3) is 0 Å². The second-order valence-electron chi connectivity index (χ2n) is 7.99. The minimum absolute atomic E-state index is 0.0660. The number of imidazole rings is 1. The minimum Gasteiger partial charge on any atom is -0.494 e. The van der Waals surface area contributed by atoms with Crippen LogP contribution in [0.25, 0.3) is 11.0 Å². The number of hydrogen-bond acceptors (Lipinski definition) is 3. The molecular formula is C26H33N3O2. The first-order valence-electron chi connectivity index (χ1n) is 11.2. The van der Waals surface area contributed by atoms with Gasteiger partial charge in [0.2, 0.25) is 5.91 Å². The number of rotatable bonds is 11. The summed E-state index contributed by atoms with van der Waals surface area (Å²) >= 11 is 0. The Hall–Kier alpha value is -3.08. The van der Waals surface area contributed by atoms with Crippen LogP contribution >= 0.6 is 0 Å². The third-order valence-electron chi connectivity index (χ3n) is 5.29. The Morgan fingerprint density at radius 2 is 1.90 bits per heavy atom. The second-order valence-corrected chi connectivity index (χ2v) is 7.99. The molecule has 3 aromatic rings. The molecule has 2 aromatic carbocycles. The highest BCUT2D eigenvalue weighted by molar-refractivity contribution is 5.87. The van der Waals surface area contributed by atoms with Gasteiger partial charge in [-0.05, 0) is 61.6 Å². The lowest BCUT2D eigenvalue weighted by molar-refractivity contribution is -0.116. The summed E-state index contributed by atoms with van der Waals surface area (Å²) in [5.74, 6) is 2.40. The lowest BCUT2D eigenvalue weighted by Gasteiger charge is -2.11. The number of ether oxygens (including phenoxy) is 1. The number of nitrogens with zero attached hydrogens (tertiary/aromatic N) is 2. The molecule has 31 heavy (non-hydrogen) atoms. The van der Waals surface area contributed by atoms with Crippen LogP contribution in [0.5, 0.6) is 5.75 Å². The Labute approximate surface area is 185 Å². The molecule has 5 heteroatoms. The van der Waals surface area contributed by atoms with E-state index >= 15 is 0 Å². The first kappa shape index (κ1) is 22.6. The van der Waals surface area contributed by atoms with E-state index < -0.39 is 0 Å². The van der Waals surface area contributed by atoms with Crippen molar-refractivity contribution >= 4 is 16.9 Å². The van der Waals surface area contributed by atoms with Gasteiger partial charge in [0.05, 0.1) is 17.6 Å². The number of unbranched alkanes of at least 4 members (excludes halogenated alkanes) is 1. The van der Waals surface area contributed by atoms with E-state index in [1.807, 2.05) is 25.1 Å². The largest absolute Gasteiger partial charge is 0.494 e. The highest BCUT2D eigenvalue weighted by Crippen LogP contribution is 2.20. The van der Waals surface area contributed by atoms with E-state index in [1.165, 1.54) is 5.56 Å². The summed E-state index contributed by atoms with van der Waals surface area (Å²) in [6.07, 6.45) is 5.96. The molecule has 0 atom stereocenters. The number of aryl methyl sites for hydroxylation is 1. The fraction of sp³-hybridized carbons (Fsp3) is 0.385. The van der Waals surface area contributed by atoms with Gasteiger partial charge in [0, 0.05) is 19.5 Å². The number of nitrogens with one attached hydrogen (secondary N) is 1. The molecule has 0 saturated carbocycles. The van der Waals surface area contributed by atoms with Crippen molar-refractivity contribution in [2.24, 2.45) is 0 Å². The van der Waals surface area contributed by atoms with E-state index in [9.17, 15) is 4.79 Å². The maximum Gasteiger partial charge on any atom is 0.243 e. The molecule has 0 bridgehead atoms. The third-order valence-corrected chi connectivity index (χ3v) is 5.29. The fourth-order valence-electron chi connectivity index (χ4n) is 3.58. The molecule has 0 spiro atoms. The van der Waals surface area contributed by atoms with Crippen LogP contribution < -0.4 is 10.1 Å². The minimum atomic E-state index is -0.0660. The summed E-state index contributed by atoms with van der Waals surface area (Å²) in [6, 6.07) is 16.6. The average Bonchev–Trinajstić information content (AvgIpc) is 3.11. The van der Waals surface area contributed by atoms with Gasteiger partial charge >= 0.3 is 0 Å². The second kappa shape index (κ2) is 11.3. The highest BCUT2D eigenvalue weighted by atomic mass is 16.5. The van der Waals surface area contributed by atoms with Gasteiger partial charge in [-0.15, -0.1) is 0 Å². The summed E-state index contributed by atoms with van der Waals surface area (Å²) in [7, 11) is 0. The number of fused-ring (bicyclic) bond motifs is 1. The fourth-order valence-corrected chi connectivity index (χ4v) is 3.58. The van der Waals surface area contributed by atoms with Crippen LogP contribution in [0, 0.1) is 0 Å². The van der Waals surface area contributed by atoms with Crippen LogP contribution in [0.3, 0.4) is 0 Å². The molecule has 1 aromatic heterocycles. The lowest BCUT2D eigenvalue weighted by Crippen LogP contribution is -2.24. The molecule has 0 saturated heterocycles. The van der Waals surface area contributed by atoms with Crippen LogP contribution in [-0.2, 0) is 17.8 Å². The third kappa shape index (κ3) is 6.45. The number of para-hydroxylation sites is 2. The molecular weight excluding hydrogens is 386 g/mol. The smallest absolute Gasteiger partial charge is 0.243 e. The number of aromatic nitrogens is 2. The Morgan fingerprint density at radius 3 is 2.65 bits per heavy atom. The molecule has 0 aliphatic heterocycles. The predicted octanol–water partition coefficient (Wildman–Crippen LogP) is 5.25. The summed E-state index contributed by atoms with van der Waals surface area (Å²) in [5, 5.41) is 2.91. The van der Waals surface area contributed by atoms with Crippen molar-refractivity contribution in [2.45, 2.75) is 52.5 Å². The highest BCUT2D eigenvalue weighted by Gasteiger charge is 2.10. The van der Waals surface area contributed by atoms with E-state index in [4.69, 9.17) is 9.72 Å². The van der Waals surface area contributed by atoms with Crippen molar-refractivity contribution in [3.8, 4) is 5.75 Å². The van der Waals surface area contributed by atoms with Crippen LogP contribution in [0.2, 0.25) is 0 Å². The summed E-state index contributed by atoms with van der Waals surface area (Å²) in [6.45, 7) is 8.38. The average molecular weight is 420 g/mol. The Bertz CT molecular complexity index is 1000. The van der Waals surface area contributed by atoms with E-state index in [-0.39, 0.29) is 5.91 Å². The van der Waals surface area contributed by atoms with Crippen LogP contribution in [0.4, 0.5) is 0 Å². The first-order chi connectivity index (χ1) is 15.1. The van der Waals surface area contributed by atoms with Crippen LogP contribution in [0.15, 0.2) is 60.7 Å². The van der Waals surface area contributed by atoms with Crippen LogP contribution in [-0.4, -0.2) is 28.6 Å². The van der Waals surface area contributed by atoms with Crippen molar-refractivity contribution < 1.29 is 9.53 Å². The molecule has 164 valence electrons. The summed E-state index contributed by atoms with van der Waals surface area (Å²) in [5.41, 5.74) is 3.47. The molecule has 0 aliphatic rings. The van der Waals surface area contributed by atoms with E-state index in [2.05, 4.69) is 54.1 Å². The first-order valence-corrected chi connectivity index (χ1v) is 11.2. The zero-order valence-electron chi connectivity index (χ0n) is 18.8. The standard InChI is InChI=1S/C26H33N3O2/c1-4-9-26(30)27-17-16-25-28-23-10-5-6-11-24(23)29(25)18-7-8-19-31-22-14-12-21(13-15-22)20(2)3/h4-6,9-15,20H,7-8,16-19H2,1-3H3,(H,27,30)/b9-4+. The number of benzene rings is 2. The molecule has 1 amide bonds. The molecule has 0 radical (unpaired) electrons. The SMILES string of the molecule is C/C=C/C(=O)NCCc1nc2ccccc2n1CCCCOc1ccc(C(C)C)cc1. The van der Waals surface area contributed by atoms with E-state index in [0.717, 1.165) is 42.0 Å². The van der Waals surface area contributed by atoms with Crippen molar-refractivity contribution in [3.63, 3.8) is 0 Å². The molecule has 1 N–H and O–H groups in total. The van der Waals surface area contributed by atoms with E-state index in [1.54, 1.807) is 12.2 Å². The summed E-state index contributed by atoms with van der Waals surface area (Å²) in [4.78, 5) is 16.5. The number of carbonyl (C=O) groups excluding carboxylic acids is 1. The monoisotopic (exact) mass is 419 g/mol. The topological polar surface area (TPSA) is 56.2 Å². The molecule has 3 rings (SSSR count). The lowest BCUT2D eigenvalue weighted by atomic mass is 10.0. The van der Waals surface area contributed by atoms with Crippen molar-refractivity contribution in [1.29, 1.82) is 0 Å². The van der Waals surface area contributed by atoms with Crippen molar-refractivity contribution in [1.82, 2.24) is 14.9 Å². The van der Waals surface area contributed by atoms with Gasteiger partial charge in [0.15, 0.2) is 0 Å². The van der Waals surface area contributed by atoms with Gasteiger partial charge in [0.1, 0.15) is 11.6 Å². The Balaban J connectivity index is 1.53. The Kier molecular flexibility index (Phi) is 8.27. The number of allylic oxidation sites excluding steroid dienone is 1. The Morgan fingerprint density at radius 1 is 1.13 bits per heavy atom. The molecule has 0 unspecified atom stereocenters. The van der Waals surface area contributed by atoms with Gasteiger partial charge in [-0.25, -0.2) is 4.98 Å². The zero-order chi connectivity index (χ0) is 22.1. The maximum absolute atomic E-state index is 11.7. The molecule has 1 heterocycles. The van der Waals surface area contributed by atoms with Gasteiger partial charge in [-0.1, -0.05) is 44.2 Å². The maximum atomic E-state index is 11.7. The summed E-state index contributed by atoms with van der Waals surface area (Å²) < 4.78 is 8.19. The van der Waals surface area contributed by atoms with Gasteiger partial charge in [-0.3, -0.25) is 4.79 Å². The van der Waals surface area contributed by atoms with Gasteiger partial charge in [-0.2, -0.15) is 0 Å². The zero-order valence-corrected chi connectivity index (χ0v) is 18.8. The number of carbonyl (C=O) groups is 1. The van der Waals surface area contributed by atoms with Crippen molar-refractivity contribution in [3.05, 3.63) is 72.1 Å². The molecule has 0 fully saturated rings. The molecule has 5 nitrogen and oxygen atoms in total.